The molecule has 2 heteroatoms. The molecule has 0 heterocycles. The molecule has 0 bridgehead atoms. The molecular weight excluding hydrogens is 304 g/mol. The van der Waals surface area contributed by atoms with E-state index in [0.29, 0.717) is 53.0 Å². The fourth-order valence-electron chi connectivity index (χ4n) is 6.20. The quantitative estimate of drug-likeness (QED) is 0.722. The van der Waals surface area contributed by atoms with E-state index in [9.17, 15) is 0 Å². The van der Waals surface area contributed by atoms with Gasteiger partial charge in [0.2, 0.25) is 0 Å². The van der Waals surface area contributed by atoms with Gasteiger partial charge in [0.05, 0.1) is 0 Å². The Hall–Kier alpha value is -0.0800. The highest BCUT2D eigenvalue weighted by molar-refractivity contribution is 4.99. The minimum absolute atomic E-state index is 0.383. The van der Waals surface area contributed by atoms with Crippen LogP contribution in [0, 0.1) is 52.8 Å². The summed E-state index contributed by atoms with van der Waals surface area (Å²) in [5.41, 5.74) is 13.6. The molecule has 0 saturated heterocycles. The molecule has 0 spiro atoms. The van der Waals surface area contributed by atoms with Crippen LogP contribution in [-0.4, -0.2) is 12.1 Å². The van der Waals surface area contributed by atoms with Crippen LogP contribution in [0.2, 0.25) is 0 Å². The molecule has 0 aromatic rings. The van der Waals surface area contributed by atoms with Crippen LogP contribution < -0.4 is 11.5 Å². The Kier molecular flexibility index (Phi) is 6.69. The van der Waals surface area contributed by atoms with E-state index in [1.54, 1.807) is 0 Å². The van der Waals surface area contributed by atoms with Crippen LogP contribution >= 0.6 is 0 Å². The molecule has 2 aliphatic carbocycles. The molecule has 0 aromatic heterocycles. The van der Waals surface area contributed by atoms with E-state index >= 15 is 0 Å². The van der Waals surface area contributed by atoms with Gasteiger partial charge in [0.1, 0.15) is 0 Å². The third-order valence-electron chi connectivity index (χ3n) is 8.55. The van der Waals surface area contributed by atoms with Crippen molar-refractivity contribution >= 4 is 0 Å². The maximum atomic E-state index is 6.59. The normalized spacial score (nSPS) is 43.7. The zero-order valence-corrected chi connectivity index (χ0v) is 18.3. The van der Waals surface area contributed by atoms with E-state index in [2.05, 4.69) is 55.4 Å². The Balaban J connectivity index is 2.19. The summed E-state index contributed by atoms with van der Waals surface area (Å²) in [6.07, 6.45) is 5.25. The molecular formula is C23H46N2. The van der Waals surface area contributed by atoms with Gasteiger partial charge < -0.3 is 11.5 Å². The minimum Gasteiger partial charge on any atom is -0.327 e. The smallest absolute Gasteiger partial charge is 0.00956 e. The van der Waals surface area contributed by atoms with E-state index in [1.807, 2.05) is 0 Å². The van der Waals surface area contributed by atoms with Gasteiger partial charge in [-0.25, -0.2) is 0 Å². The monoisotopic (exact) mass is 350 g/mol. The molecule has 2 aliphatic rings. The van der Waals surface area contributed by atoms with E-state index in [0.717, 1.165) is 11.8 Å². The van der Waals surface area contributed by atoms with Crippen molar-refractivity contribution in [2.45, 2.75) is 93.2 Å². The summed E-state index contributed by atoms with van der Waals surface area (Å²) in [6.45, 7) is 19.4. The van der Waals surface area contributed by atoms with Crippen molar-refractivity contribution in [2.75, 3.05) is 0 Å². The molecule has 4 N–H and O–H groups in total. The zero-order chi connectivity index (χ0) is 19.1. The topological polar surface area (TPSA) is 52.0 Å². The first-order valence-corrected chi connectivity index (χ1v) is 11.0. The second-order valence-corrected chi connectivity index (χ2v) is 11.1. The minimum atomic E-state index is 0.383. The van der Waals surface area contributed by atoms with Gasteiger partial charge in [0.25, 0.3) is 0 Å². The molecule has 0 radical (unpaired) electrons. The number of hydrogen-bond donors (Lipinski definition) is 2. The Bertz CT molecular complexity index is 390. The summed E-state index contributed by atoms with van der Waals surface area (Å²) in [5.74, 6) is 5.64. The predicted molar refractivity (Wildman–Crippen MR) is 110 cm³/mol. The highest BCUT2D eigenvalue weighted by Gasteiger charge is 2.47. The van der Waals surface area contributed by atoms with Gasteiger partial charge >= 0.3 is 0 Å². The van der Waals surface area contributed by atoms with Crippen LogP contribution in [0.1, 0.15) is 81.1 Å². The lowest BCUT2D eigenvalue weighted by molar-refractivity contribution is -0.0191. The molecule has 2 fully saturated rings. The predicted octanol–water partition coefficient (Wildman–Crippen LogP) is 5.30. The van der Waals surface area contributed by atoms with Crippen LogP contribution in [0.5, 0.6) is 0 Å². The van der Waals surface area contributed by atoms with Gasteiger partial charge in [0, 0.05) is 12.1 Å². The van der Waals surface area contributed by atoms with E-state index in [-0.39, 0.29) is 0 Å². The standard InChI is InChI=1S/C23H46N2/c1-13(2)19-11-17(9-15(5)21(19)24)23(7,8)18-10-16(6)22(25)20(12-18)14(3)4/h13-22H,9-12,24-25H2,1-8H3. The van der Waals surface area contributed by atoms with Crippen molar-refractivity contribution in [1.29, 1.82) is 0 Å². The van der Waals surface area contributed by atoms with E-state index in [4.69, 9.17) is 11.5 Å². The Morgan fingerprint density at radius 2 is 1.00 bits per heavy atom. The van der Waals surface area contributed by atoms with Gasteiger partial charge in [-0.2, -0.15) is 0 Å². The van der Waals surface area contributed by atoms with Gasteiger partial charge in [0.15, 0.2) is 0 Å². The summed E-state index contributed by atoms with van der Waals surface area (Å²) in [5, 5.41) is 0. The molecule has 8 unspecified atom stereocenters. The molecule has 148 valence electrons. The summed E-state index contributed by atoms with van der Waals surface area (Å²) >= 11 is 0. The number of rotatable bonds is 4. The average Bonchev–Trinajstić information content (AvgIpc) is 2.51. The Morgan fingerprint density at radius 1 is 0.680 bits per heavy atom. The molecule has 0 aromatic carbocycles. The highest BCUT2D eigenvalue weighted by Crippen LogP contribution is 2.53. The van der Waals surface area contributed by atoms with Crippen molar-refractivity contribution in [3.63, 3.8) is 0 Å². The van der Waals surface area contributed by atoms with Crippen LogP contribution in [0.4, 0.5) is 0 Å². The Labute approximate surface area is 157 Å². The van der Waals surface area contributed by atoms with Gasteiger partial charge in [-0.15, -0.1) is 0 Å². The average molecular weight is 351 g/mol. The molecule has 8 atom stereocenters. The fourth-order valence-corrected chi connectivity index (χ4v) is 6.20. The van der Waals surface area contributed by atoms with Gasteiger partial charge in [-0.3, -0.25) is 0 Å². The largest absolute Gasteiger partial charge is 0.327 e. The maximum absolute atomic E-state index is 6.59. The fraction of sp³-hybridized carbons (Fsp3) is 1.00. The van der Waals surface area contributed by atoms with E-state index in [1.165, 1.54) is 25.7 Å². The summed E-state index contributed by atoms with van der Waals surface area (Å²) in [7, 11) is 0. The molecule has 2 nitrogen and oxygen atoms in total. The molecule has 25 heavy (non-hydrogen) atoms. The van der Waals surface area contributed by atoms with Crippen molar-refractivity contribution in [3.8, 4) is 0 Å². The molecule has 0 amide bonds. The highest BCUT2D eigenvalue weighted by atomic mass is 14.7. The van der Waals surface area contributed by atoms with E-state index < -0.39 is 0 Å². The number of hydrogen-bond acceptors (Lipinski definition) is 2. The van der Waals surface area contributed by atoms with Crippen LogP contribution in [0.15, 0.2) is 0 Å². The van der Waals surface area contributed by atoms with Crippen molar-refractivity contribution in [3.05, 3.63) is 0 Å². The third-order valence-corrected chi connectivity index (χ3v) is 8.55. The first-order chi connectivity index (χ1) is 11.5. The van der Waals surface area contributed by atoms with Gasteiger partial charge in [-0.1, -0.05) is 55.4 Å². The second-order valence-electron chi connectivity index (χ2n) is 11.1. The maximum Gasteiger partial charge on any atom is 0.00956 e. The second kappa shape index (κ2) is 7.89. The molecule has 2 saturated carbocycles. The summed E-state index contributed by atoms with van der Waals surface area (Å²) < 4.78 is 0. The summed E-state index contributed by atoms with van der Waals surface area (Å²) in [6, 6.07) is 0.767. The van der Waals surface area contributed by atoms with Crippen LogP contribution in [0.3, 0.4) is 0 Å². The van der Waals surface area contributed by atoms with Crippen molar-refractivity contribution in [2.24, 2.45) is 64.2 Å². The molecule has 2 rings (SSSR count). The van der Waals surface area contributed by atoms with Crippen LogP contribution in [-0.2, 0) is 0 Å². The lowest BCUT2D eigenvalue weighted by Gasteiger charge is -2.53. The van der Waals surface area contributed by atoms with Crippen molar-refractivity contribution in [1.82, 2.24) is 0 Å². The first-order valence-electron chi connectivity index (χ1n) is 11.0. The molecule has 0 aliphatic heterocycles. The lowest BCUT2D eigenvalue weighted by Crippen LogP contribution is -2.52. The lowest BCUT2D eigenvalue weighted by atomic mass is 9.53. The SMILES string of the molecule is CC(C)C1CC(C(C)(C)C2CC(C)C(N)C(C(C)C)C2)CC(C)C1N. The van der Waals surface area contributed by atoms with Gasteiger partial charge in [-0.05, 0) is 78.4 Å². The zero-order valence-electron chi connectivity index (χ0n) is 18.3. The third kappa shape index (κ3) is 4.26. The number of nitrogens with two attached hydrogens (primary N) is 2. The summed E-state index contributed by atoms with van der Waals surface area (Å²) in [4.78, 5) is 0. The first kappa shape index (κ1) is 21.2. The van der Waals surface area contributed by atoms with Crippen LogP contribution in [0.25, 0.3) is 0 Å². The van der Waals surface area contributed by atoms with Crippen molar-refractivity contribution < 1.29 is 0 Å². The Morgan fingerprint density at radius 3 is 1.28 bits per heavy atom.